The molecule has 2 saturated heterocycles. The minimum atomic E-state index is -0.925. The second-order valence-corrected chi connectivity index (χ2v) is 6.93. The van der Waals surface area contributed by atoms with Crippen LogP contribution in [0.15, 0.2) is 30.3 Å². The number of amides is 1. The van der Waals surface area contributed by atoms with Gasteiger partial charge in [-0.15, -0.1) is 0 Å². The van der Waals surface area contributed by atoms with Gasteiger partial charge in [-0.05, 0) is 24.9 Å². The summed E-state index contributed by atoms with van der Waals surface area (Å²) in [5.41, 5.74) is 0.227. The van der Waals surface area contributed by atoms with Gasteiger partial charge in [-0.25, -0.2) is 0 Å². The third-order valence-corrected chi connectivity index (χ3v) is 5.14. The van der Waals surface area contributed by atoms with Crippen molar-refractivity contribution in [1.29, 1.82) is 0 Å². The molecule has 130 valence electrons. The van der Waals surface area contributed by atoms with Crippen LogP contribution in [0, 0.1) is 11.3 Å². The first-order chi connectivity index (χ1) is 11.5. The molecule has 0 bridgehead atoms. The van der Waals surface area contributed by atoms with E-state index in [2.05, 4.69) is 0 Å². The van der Waals surface area contributed by atoms with Crippen LogP contribution in [0.1, 0.15) is 12.0 Å². The monoisotopic (exact) mass is 332 g/mol. The van der Waals surface area contributed by atoms with Crippen LogP contribution in [-0.4, -0.2) is 66.7 Å². The first kappa shape index (κ1) is 16.9. The van der Waals surface area contributed by atoms with Crippen molar-refractivity contribution in [3.63, 3.8) is 0 Å². The third-order valence-electron chi connectivity index (χ3n) is 5.14. The van der Waals surface area contributed by atoms with Crippen molar-refractivity contribution in [2.75, 3.05) is 39.9 Å². The van der Waals surface area contributed by atoms with Crippen molar-refractivity contribution < 1.29 is 19.4 Å². The van der Waals surface area contributed by atoms with E-state index >= 15 is 0 Å². The lowest BCUT2D eigenvalue weighted by atomic mass is 9.76. The number of carboxylic acids is 1. The van der Waals surface area contributed by atoms with Gasteiger partial charge in [0.25, 0.3) is 0 Å². The van der Waals surface area contributed by atoms with Gasteiger partial charge >= 0.3 is 5.97 Å². The van der Waals surface area contributed by atoms with Crippen molar-refractivity contribution in [1.82, 2.24) is 9.80 Å². The molecular weight excluding hydrogens is 308 g/mol. The number of nitrogens with zero attached hydrogens (tertiary/aromatic N) is 2. The highest BCUT2D eigenvalue weighted by Crippen LogP contribution is 2.41. The molecule has 1 aromatic rings. The Hall–Kier alpha value is -1.92. The molecule has 2 aliphatic rings. The highest BCUT2D eigenvalue weighted by Gasteiger charge is 2.55. The van der Waals surface area contributed by atoms with Crippen LogP contribution < -0.4 is 0 Å². The fourth-order valence-electron chi connectivity index (χ4n) is 3.76. The number of ether oxygens (including phenoxy) is 1. The Kier molecular flexibility index (Phi) is 4.87. The Morgan fingerprint density at radius 1 is 1.38 bits per heavy atom. The number of carbonyl (C=O) groups is 2. The molecule has 1 N–H and O–H groups in total. The zero-order valence-corrected chi connectivity index (χ0v) is 14.0. The molecule has 6 heteroatoms. The number of likely N-dealkylation sites (N-methyl/N-ethyl adjacent to an activating group) is 1. The topological polar surface area (TPSA) is 70.1 Å². The van der Waals surface area contributed by atoms with Crippen LogP contribution in [0.3, 0.4) is 0 Å². The lowest BCUT2D eigenvalue weighted by Crippen LogP contribution is -2.47. The maximum Gasteiger partial charge on any atom is 0.314 e. The van der Waals surface area contributed by atoms with Gasteiger partial charge in [0.1, 0.15) is 5.41 Å². The van der Waals surface area contributed by atoms with E-state index in [-0.39, 0.29) is 31.5 Å². The molecule has 0 aliphatic carbocycles. The van der Waals surface area contributed by atoms with Crippen LogP contribution in [0.2, 0.25) is 0 Å². The number of likely N-dealkylation sites (tertiary alicyclic amines) is 1. The van der Waals surface area contributed by atoms with Crippen molar-refractivity contribution in [3.8, 4) is 0 Å². The molecule has 2 aliphatic heterocycles. The van der Waals surface area contributed by atoms with Gasteiger partial charge < -0.3 is 14.7 Å². The Labute approximate surface area is 142 Å². The molecule has 1 amide bonds. The second-order valence-electron chi connectivity index (χ2n) is 6.93. The number of carbonyl (C=O) groups excluding carboxylic acids is 1. The van der Waals surface area contributed by atoms with E-state index in [1.807, 2.05) is 42.3 Å². The van der Waals surface area contributed by atoms with E-state index in [4.69, 9.17) is 4.74 Å². The summed E-state index contributed by atoms with van der Waals surface area (Å²) < 4.78 is 5.41. The number of rotatable bonds is 5. The molecule has 2 atom stereocenters. The molecule has 6 nitrogen and oxygen atoms in total. The largest absolute Gasteiger partial charge is 0.481 e. The first-order valence-electron chi connectivity index (χ1n) is 8.33. The molecule has 2 heterocycles. The van der Waals surface area contributed by atoms with E-state index < -0.39 is 11.4 Å². The summed E-state index contributed by atoms with van der Waals surface area (Å²) in [6, 6.07) is 9.98. The van der Waals surface area contributed by atoms with Crippen molar-refractivity contribution in [3.05, 3.63) is 35.9 Å². The molecule has 2 fully saturated rings. The number of carboxylic acid groups (broad SMARTS) is 1. The summed E-state index contributed by atoms with van der Waals surface area (Å²) in [6.45, 7) is 2.54. The maximum absolute atomic E-state index is 12.6. The fraction of sp³-hybridized carbons (Fsp3) is 0.556. The third kappa shape index (κ3) is 3.30. The molecule has 0 radical (unpaired) electrons. The Morgan fingerprint density at radius 2 is 2.12 bits per heavy atom. The summed E-state index contributed by atoms with van der Waals surface area (Å²) >= 11 is 0. The maximum atomic E-state index is 12.6. The van der Waals surface area contributed by atoms with E-state index in [0.29, 0.717) is 26.1 Å². The van der Waals surface area contributed by atoms with E-state index in [0.717, 1.165) is 5.56 Å². The molecule has 0 aromatic heterocycles. The van der Waals surface area contributed by atoms with Gasteiger partial charge in [0, 0.05) is 26.2 Å². The first-order valence-corrected chi connectivity index (χ1v) is 8.33. The summed E-state index contributed by atoms with van der Waals surface area (Å²) in [7, 11) is 1.91. The number of fused-ring (bicyclic) bond motifs is 1. The lowest BCUT2D eigenvalue weighted by molar-refractivity contribution is -0.159. The van der Waals surface area contributed by atoms with Gasteiger partial charge in [0.15, 0.2) is 0 Å². The predicted octanol–water partition coefficient (Wildman–Crippen LogP) is 1.07. The lowest BCUT2D eigenvalue weighted by Gasteiger charge is -2.33. The van der Waals surface area contributed by atoms with Crippen molar-refractivity contribution >= 4 is 11.9 Å². The van der Waals surface area contributed by atoms with Gasteiger partial charge in [0.05, 0.1) is 13.2 Å². The standard InChI is InChI=1S/C18H24N2O4/c1-19(9-14-5-3-2-4-6-14)11-16(21)20-10-15-7-8-24-13-18(15,12-20)17(22)23/h2-6,15H,7-13H2,1H3,(H,22,23)/t15-,18+/m0/s1. The van der Waals surface area contributed by atoms with Crippen LogP contribution in [0.25, 0.3) is 0 Å². The molecule has 24 heavy (non-hydrogen) atoms. The highest BCUT2D eigenvalue weighted by atomic mass is 16.5. The molecule has 0 unspecified atom stereocenters. The van der Waals surface area contributed by atoms with Crippen LogP contribution in [0.5, 0.6) is 0 Å². The Morgan fingerprint density at radius 3 is 2.79 bits per heavy atom. The van der Waals surface area contributed by atoms with Crippen LogP contribution in [-0.2, 0) is 20.9 Å². The van der Waals surface area contributed by atoms with Crippen molar-refractivity contribution in [2.45, 2.75) is 13.0 Å². The summed E-state index contributed by atoms with van der Waals surface area (Å²) in [4.78, 5) is 28.0. The number of hydrogen-bond donors (Lipinski definition) is 1. The number of benzene rings is 1. The average Bonchev–Trinajstić information content (AvgIpc) is 2.97. The van der Waals surface area contributed by atoms with E-state index in [9.17, 15) is 14.7 Å². The predicted molar refractivity (Wildman–Crippen MR) is 88.4 cm³/mol. The zero-order chi connectivity index (χ0) is 17.2. The second kappa shape index (κ2) is 6.91. The quantitative estimate of drug-likeness (QED) is 0.873. The minimum Gasteiger partial charge on any atom is -0.481 e. The Balaban J connectivity index is 1.60. The normalized spacial score (nSPS) is 26.4. The summed E-state index contributed by atoms with van der Waals surface area (Å²) in [5.74, 6) is -0.865. The average molecular weight is 332 g/mol. The van der Waals surface area contributed by atoms with Crippen LogP contribution >= 0.6 is 0 Å². The van der Waals surface area contributed by atoms with E-state index in [1.165, 1.54) is 0 Å². The molecule has 0 spiro atoms. The number of hydrogen-bond acceptors (Lipinski definition) is 4. The van der Waals surface area contributed by atoms with Gasteiger partial charge in [0.2, 0.25) is 5.91 Å². The van der Waals surface area contributed by atoms with Crippen molar-refractivity contribution in [2.24, 2.45) is 11.3 Å². The molecular formula is C18H24N2O4. The molecule has 0 saturated carbocycles. The number of aliphatic carboxylic acids is 1. The highest BCUT2D eigenvalue weighted by molar-refractivity contribution is 5.82. The fourth-order valence-corrected chi connectivity index (χ4v) is 3.76. The Bertz CT molecular complexity index is 606. The molecule has 3 rings (SSSR count). The minimum absolute atomic E-state index is 0.00729. The zero-order valence-electron chi connectivity index (χ0n) is 14.0. The van der Waals surface area contributed by atoms with E-state index in [1.54, 1.807) is 4.90 Å². The molecule has 1 aromatic carbocycles. The summed E-state index contributed by atoms with van der Waals surface area (Å²) in [5, 5.41) is 9.65. The summed E-state index contributed by atoms with van der Waals surface area (Å²) in [6.07, 6.45) is 0.704. The van der Waals surface area contributed by atoms with Gasteiger partial charge in [-0.3, -0.25) is 14.5 Å². The van der Waals surface area contributed by atoms with Gasteiger partial charge in [-0.2, -0.15) is 0 Å². The smallest absolute Gasteiger partial charge is 0.314 e. The SMILES string of the molecule is CN(CC(=O)N1C[C@@H]2CCOC[C@]2(C(=O)O)C1)Cc1ccccc1. The van der Waals surface area contributed by atoms with Gasteiger partial charge in [-0.1, -0.05) is 30.3 Å². The van der Waals surface area contributed by atoms with Crippen LogP contribution in [0.4, 0.5) is 0 Å².